The van der Waals surface area contributed by atoms with Gasteiger partial charge in [0.1, 0.15) is 11.5 Å². The number of nitrogens with one attached hydrogen (secondary N) is 1. The topological polar surface area (TPSA) is 84.9 Å². The highest BCUT2D eigenvalue weighted by Gasteiger charge is 2.03. The van der Waals surface area contributed by atoms with Crippen LogP contribution < -0.4 is 14.8 Å². The number of carbonyl (C=O) groups is 2. The Morgan fingerprint density at radius 3 is 2.31 bits per heavy atom. The average molecular weight is 355 g/mol. The van der Waals surface area contributed by atoms with Crippen molar-refractivity contribution < 1.29 is 24.2 Å². The third kappa shape index (κ3) is 6.68. The highest BCUT2D eigenvalue weighted by molar-refractivity contribution is 5.91. The summed E-state index contributed by atoms with van der Waals surface area (Å²) in [4.78, 5) is 22.4. The fourth-order valence-electron chi connectivity index (χ4n) is 2.16. The van der Waals surface area contributed by atoms with Gasteiger partial charge in [-0.25, -0.2) is 4.79 Å². The number of benzene rings is 2. The molecule has 26 heavy (non-hydrogen) atoms. The van der Waals surface area contributed by atoms with Crippen LogP contribution in [0, 0.1) is 0 Å². The van der Waals surface area contributed by atoms with Gasteiger partial charge in [-0.3, -0.25) is 4.79 Å². The molecule has 0 spiro atoms. The zero-order valence-electron chi connectivity index (χ0n) is 14.5. The lowest BCUT2D eigenvalue weighted by atomic mass is 10.2. The predicted octanol–water partition coefficient (Wildman–Crippen LogP) is 3.59. The van der Waals surface area contributed by atoms with E-state index in [9.17, 15) is 9.59 Å². The first-order chi connectivity index (χ1) is 12.6. The molecule has 0 aliphatic heterocycles. The molecule has 0 bridgehead atoms. The van der Waals surface area contributed by atoms with Crippen LogP contribution in [0.2, 0.25) is 0 Å². The number of anilines is 1. The number of methoxy groups -OCH3 is 1. The molecular formula is C20H21NO5. The quantitative estimate of drug-likeness (QED) is 0.530. The van der Waals surface area contributed by atoms with E-state index in [0.29, 0.717) is 25.1 Å². The first-order valence-corrected chi connectivity index (χ1v) is 8.14. The number of hydrogen-bond donors (Lipinski definition) is 2. The third-order valence-corrected chi connectivity index (χ3v) is 3.49. The van der Waals surface area contributed by atoms with Crippen molar-refractivity contribution in [1.29, 1.82) is 0 Å². The van der Waals surface area contributed by atoms with Gasteiger partial charge in [0, 0.05) is 18.2 Å². The number of amides is 1. The van der Waals surface area contributed by atoms with Crippen molar-refractivity contribution in [1.82, 2.24) is 0 Å². The Bertz CT molecular complexity index is 751. The minimum atomic E-state index is -1.00. The Labute approximate surface area is 152 Å². The standard InChI is InChI=1S/C20H21NO5/c1-25-17-9-11-18(12-10-17)26-14-2-3-19(22)21-16-7-4-15(5-8-16)6-13-20(23)24/h4-13H,2-3,14H2,1H3,(H,21,22)(H,23,24)/b13-6+. The van der Waals surface area contributed by atoms with E-state index in [1.54, 1.807) is 31.4 Å². The summed E-state index contributed by atoms with van der Waals surface area (Å²) in [6.07, 6.45) is 3.50. The summed E-state index contributed by atoms with van der Waals surface area (Å²) in [5.74, 6) is 0.397. The third-order valence-electron chi connectivity index (χ3n) is 3.49. The van der Waals surface area contributed by atoms with Crippen molar-refractivity contribution >= 4 is 23.6 Å². The van der Waals surface area contributed by atoms with Gasteiger partial charge >= 0.3 is 5.97 Å². The molecule has 2 aromatic carbocycles. The van der Waals surface area contributed by atoms with Gasteiger partial charge in [0.05, 0.1) is 13.7 Å². The first-order valence-electron chi connectivity index (χ1n) is 8.14. The van der Waals surface area contributed by atoms with Crippen LogP contribution in [0.5, 0.6) is 11.5 Å². The van der Waals surface area contributed by atoms with Crippen molar-refractivity contribution in [2.24, 2.45) is 0 Å². The van der Waals surface area contributed by atoms with Gasteiger partial charge in [-0.2, -0.15) is 0 Å². The van der Waals surface area contributed by atoms with Crippen LogP contribution in [0.1, 0.15) is 18.4 Å². The van der Waals surface area contributed by atoms with Crippen molar-refractivity contribution in [2.75, 3.05) is 19.0 Å². The van der Waals surface area contributed by atoms with E-state index in [1.165, 1.54) is 6.08 Å². The molecule has 6 nitrogen and oxygen atoms in total. The molecular weight excluding hydrogens is 334 g/mol. The lowest BCUT2D eigenvalue weighted by Crippen LogP contribution is -2.12. The molecule has 1 amide bonds. The second kappa shape index (κ2) is 9.88. The smallest absolute Gasteiger partial charge is 0.328 e. The molecule has 2 aromatic rings. The zero-order valence-corrected chi connectivity index (χ0v) is 14.5. The predicted molar refractivity (Wildman–Crippen MR) is 99.5 cm³/mol. The molecule has 0 heterocycles. The molecule has 0 atom stereocenters. The Hall–Kier alpha value is -3.28. The number of carboxylic acid groups (broad SMARTS) is 1. The van der Waals surface area contributed by atoms with Crippen LogP contribution in [0.3, 0.4) is 0 Å². The first kappa shape index (κ1) is 19.1. The molecule has 0 unspecified atom stereocenters. The maximum atomic E-state index is 11.9. The normalized spacial score (nSPS) is 10.5. The van der Waals surface area contributed by atoms with E-state index in [1.807, 2.05) is 24.3 Å². The number of rotatable bonds is 9. The summed E-state index contributed by atoms with van der Waals surface area (Å²) in [6.45, 7) is 0.443. The van der Waals surface area contributed by atoms with Crippen LogP contribution in [0.4, 0.5) is 5.69 Å². The van der Waals surface area contributed by atoms with Crippen molar-refractivity contribution in [3.8, 4) is 11.5 Å². The number of carboxylic acids is 1. The highest BCUT2D eigenvalue weighted by atomic mass is 16.5. The summed E-state index contributed by atoms with van der Waals surface area (Å²) >= 11 is 0. The van der Waals surface area contributed by atoms with Crippen LogP contribution in [-0.4, -0.2) is 30.7 Å². The van der Waals surface area contributed by atoms with E-state index < -0.39 is 5.97 Å². The summed E-state index contributed by atoms with van der Waals surface area (Å²) in [5, 5.41) is 11.4. The lowest BCUT2D eigenvalue weighted by Gasteiger charge is -2.08. The van der Waals surface area contributed by atoms with E-state index in [-0.39, 0.29) is 5.91 Å². The molecule has 0 fully saturated rings. The van der Waals surface area contributed by atoms with Gasteiger partial charge in [0.25, 0.3) is 0 Å². The van der Waals surface area contributed by atoms with E-state index in [2.05, 4.69) is 5.32 Å². The second-order valence-corrected chi connectivity index (χ2v) is 5.47. The fraction of sp³-hybridized carbons (Fsp3) is 0.200. The SMILES string of the molecule is COc1ccc(OCCCC(=O)Nc2ccc(/C=C/C(=O)O)cc2)cc1. The Morgan fingerprint density at radius 1 is 1.04 bits per heavy atom. The van der Waals surface area contributed by atoms with Gasteiger partial charge in [0.15, 0.2) is 0 Å². The van der Waals surface area contributed by atoms with Gasteiger partial charge in [-0.1, -0.05) is 12.1 Å². The number of carbonyl (C=O) groups excluding carboxylic acids is 1. The summed E-state index contributed by atoms with van der Waals surface area (Å²) < 4.78 is 10.7. The van der Waals surface area contributed by atoms with E-state index in [0.717, 1.165) is 23.1 Å². The van der Waals surface area contributed by atoms with Crippen molar-refractivity contribution in [3.63, 3.8) is 0 Å². The number of hydrogen-bond acceptors (Lipinski definition) is 4. The number of ether oxygens (including phenoxy) is 2. The molecule has 0 radical (unpaired) electrons. The molecule has 0 aliphatic carbocycles. The van der Waals surface area contributed by atoms with Gasteiger partial charge < -0.3 is 19.9 Å². The molecule has 0 aromatic heterocycles. The van der Waals surface area contributed by atoms with Crippen LogP contribution in [0.15, 0.2) is 54.6 Å². The minimum absolute atomic E-state index is 0.0999. The van der Waals surface area contributed by atoms with Gasteiger partial charge in [-0.05, 0) is 54.5 Å². The Balaban J connectivity index is 1.70. The number of aliphatic carboxylic acids is 1. The van der Waals surface area contributed by atoms with Crippen LogP contribution in [-0.2, 0) is 9.59 Å². The molecule has 0 saturated heterocycles. The molecule has 2 N–H and O–H groups in total. The van der Waals surface area contributed by atoms with Gasteiger partial charge in [-0.15, -0.1) is 0 Å². The molecule has 0 aliphatic rings. The maximum absolute atomic E-state index is 11.9. The Morgan fingerprint density at radius 2 is 1.69 bits per heavy atom. The average Bonchev–Trinajstić information content (AvgIpc) is 2.65. The minimum Gasteiger partial charge on any atom is -0.497 e. The highest BCUT2D eigenvalue weighted by Crippen LogP contribution is 2.17. The monoisotopic (exact) mass is 355 g/mol. The molecule has 6 heteroatoms. The lowest BCUT2D eigenvalue weighted by molar-refractivity contribution is -0.131. The van der Waals surface area contributed by atoms with E-state index in [4.69, 9.17) is 14.6 Å². The van der Waals surface area contributed by atoms with Gasteiger partial charge in [0.2, 0.25) is 5.91 Å². The Kier molecular flexibility index (Phi) is 7.24. The zero-order chi connectivity index (χ0) is 18.8. The summed E-state index contributed by atoms with van der Waals surface area (Å²) in [6, 6.07) is 14.2. The fourth-order valence-corrected chi connectivity index (χ4v) is 2.16. The largest absolute Gasteiger partial charge is 0.497 e. The van der Waals surface area contributed by atoms with Crippen molar-refractivity contribution in [2.45, 2.75) is 12.8 Å². The van der Waals surface area contributed by atoms with Crippen LogP contribution >= 0.6 is 0 Å². The maximum Gasteiger partial charge on any atom is 0.328 e. The molecule has 136 valence electrons. The van der Waals surface area contributed by atoms with Crippen LogP contribution in [0.25, 0.3) is 6.08 Å². The summed E-state index contributed by atoms with van der Waals surface area (Å²) in [7, 11) is 1.61. The molecule has 0 saturated carbocycles. The second-order valence-electron chi connectivity index (χ2n) is 5.47. The van der Waals surface area contributed by atoms with Crippen molar-refractivity contribution in [3.05, 3.63) is 60.2 Å². The van der Waals surface area contributed by atoms with E-state index >= 15 is 0 Å². The summed E-state index contributed by atoms with van der Waals surface area (Å²) in [5.41, 5.74) is 1.41. The molecule has 2 rings (SSSR count).